The summed E-state index contributed by atoms with van der Waals surface area (Å²) >= 11 is 2.43. The van der Waals surface area contributed by atoms with Gasteiger partial charge in [0.15, 0.2) is 10.3 Å². The van der Waals surface area contributed by atoms with E-state index in [0.717, 1.165) is 17.4 Å². The van der Waals surface area contributed by atoms with E-state index in [1.165, 1.54) is 33.3 Å². The first-order chi connectivity index (χ1) is 29.5. The van der Waals surface area contributed by atoms with Crippen LogP contribution >= 0.6 is 23.5 Å². The zero-order valence-electron chi connectivity index (χ0n) is 36.6. The van der Waals surface area contributed by atoms with Crippen LogP contribution in [-0.2, 0) is 46.4 Å². The summed E-state index contributed by atoms with van der Waals surface area (Å²) in [7, 11) is 0. The average Bonchev–Trinajstić information content (AvgIpc) is 3.84. The first-order valence-corrected chi connectivity index (χ1v) is 22.5. The number of thioether (sulfide) groups is 2. The molecule has 2 saturated heterocycles. The first kappa shape index (κ1) is 49.4. The molecular formula is C44H60F2N4O10S2. The van der Waals surface area contributed by atoms with E-state index in [4.69, 9.17) is 33.4 Å². The van der Waals surface area contributed by atoms with Gasteiger partial charge < -0.3 is 38.3 Å². The lowest BCUT2D eigenvalue weighted by Crippen LogP contribution is -2.52. The molecule has 4 aliphatic heterocycles. The Balaban J connectivity index is 0.000000234. The molecule has 4 aliphatic rings. The average molecular weight is 907 g/mol. The Morgan fingerprint density at radius 2 is 1.15 bits per heavy atom. The molecule has 0 unspecified atom stereocenters. The smallest absolute Gasteiger partial charge is 0.416 e. The fourth-order valence-electron chi connectivity index (χ4n) is 7.05. The molecule has 2 aromatic rings. The second-order valence-electron chi connectivity index (χ2n) is 17.3. The van der Waals surface area contributed by atoms with Crippen molar-refractivity contribution in [3.8, 4) is 0 Å². The summed E-state index contributed by atoms with van der Waals surface area (Å²) in [4.78, 5) is 48.6. The minimum atomic E-state index is -0.740. The van der Waals surface area contributed by atoms with Gasteiger partial charge in [-0.05, 0) is 52.7 Å². The molecule has 10 atom stereocenters. The van der Waals surface area contributed by atoms with Crippen molar-refractivity contribution in [1.82, 2.24) is 9.80 Å². The van der Waals surface area contributed by atoms with Crippen LogP contribution < -0.4 is 0 Å². The number of aldehydes is 1. The number of alkyl halides is 2. The van der Waals surface area contributed by atoms with Crippen molar-refractivity contribution in [3.63, 3.8) is 0 Å². The van der Waals surface area contributed by atoms with Gasteiger partial charge in [-0.1, -0.05) is 98.0 Å². The predicted molar refractivity (Wildman–Crippen MR) is 234 cm³/mol. The highest BCUT2D eigenvalue weighted by molar-refractivity contribution is 8.14. The molecule has 0 bridgehead atoms. The fraction of sp³-hybridized carbons (Fsp3) is 0.614. The molecule has 342 valence electrons. The van der Waals surface area contributed by atoms with E-state index in [1.807, 2.05) is 74.5 Å². The number of hydrogen-bond donors (Lipinski definition) is 1. The lowest BCUT2D eigenvalue weighted by Gasteiger charge is -2.41. The van der Waals surface area contributed by atoms with Gasteiger partial charge in [-0.2, -0.15) is 0 Å². The lowest BCUT2D eigenvalue weighted by molar-refractivity contribution is -0.150. The monoisotopic (exact) mass is 906 g/mol. The number of benzene rings is 2. The van der Waals surface area contributed by atoms with E-state index < -0.39 is 72.0 Å². The number of ether oxygens (including phenoxy) is 6. The Hall–Kier alpha value is -3.65. The van der Waals surface area contributed by atoms with Crippen LogP contribution in [0.2, 0.25) is 0 Å². The summed E-state index contributed by atoms with van der Waals surface area (Å²) in [6.07, 6.45) is -2.34. The molecule has 2 aromatic carbocycles. The van der Waals surface area contributed by atoms with Gasteiger partial charge in [0.05, 0.1) is 51.2 Å². The second-order valence-corrected chi connectivity index (χ2v) is 19.4. The molecule has 0 radical (unpaired) electrons. The Morgan fingerprint density at radius 3 is 1.53 bits per heavy atom. The highest BCUT2D eigenvalue weighted by Gasteiger charge is 2.51. The van der Waals surface area contributed by atoms with E-state index in [-0.39, 0.29) is 43.7 Å². The minimum absolute atomic E-state index is 0.116. The van der Waals surface area contributed by atoms with Crippen molar-refractivity contribution in [2.75, 3.05) is 33.0 Å². The van der Waals surface area contributed by atoms with Gasteiger partial charge in [-0.3, -0.25) is 19.8 Å². The second kappa shape index (κ2) is 22.3. The van der Waals surface area contributed by atoms with Gasteiger partial charge in [0.1, 0.15) is 59.9 Å². The van der Waals surface area contributed by atoms with Crippen molar-refractivity contribution in [2.45, 2.75) is 127 Å². The van der Waals surface area contributed by atoms with Crippen molar-refractivity contribution in [2.24, 2.45) is 21.8 Å². The number of aliphatic hydroxyl groups excluding tert-OH is 1. The normalized spacial score (nSPS) is 28.0. The molecule has 0 aromatic heterocycles. The summed E-state index contributed by atoms with van der Waals surface area (Å²) in [5.41, 5.74) is -0.349. The topological polar surface area (TPSA) is 158 Å². The van der Waals surface area contributed by atoms with E-state index >= 15 is 0 Å². The van der Waals surface area contributed by atoms with Gasteiger partial charge in [0, 0.05) is 11.8 Å². The zero-order valence-corrected chi connectivity index (χ0v) is 38.2. The van der Waals surface area contributed by atoms with E-state index in [0.29, 0.717) is 23.5 Å². The standard InChI is InChI=1S/C22H31FN2O5S.C22H29FN2O5S/c2*1-14-16(12-26)29-19-17(18(14)28-13-15-8-6-5-7-9-15)24-20(31-19)25(11-10-23)21(27)30-22(2,3)4/h5-9,14,16-19,26H,10-13H2,1-4H3;5-9,12,14,16-19H,10-11,13H2,1-4H3/t2*14-,16-,17-,18+,19-/m11/s1. The number of carbonyl (C=O) groups excluding carboxylic acids is 3. The van der Waals surface area contributed by atoms with Crippen LogP contribution in [0.1, 0.15) is 66.5 Å². The Labute approximate surface area is 371 Å². The highest BCUT2D eigenvalue weighted by Crippen LogP contribution is 2.42. The molecule has 62 heavy (non-hydrogen) atoms. The van der Waals surface area contributed by atoms with Crippen LogP contribution in [0.4, 0.5) is 18.4 Å². The Bertz CT molecular complexity index is 1840. The Morgan fingerprint density at radius 1 is 0.726 bits per heavy atom. The maximum atomic E-state index is 13.2. The van der Waals surface area contributed by atoms with Crippen LogP contribution in [0.5, 0.6) is 0 Å². The third-order valence-corrected chi connectivity index (χ3v) is 12.4. The van der Waals surface area contributed by atoms with Crippen LogP contribution in [0.3, 0.4) is 0 Å². The number of amides is 2. The number of nitrogens with zero attached hydrogens (tertiary/aromatic N) is 4. The minimum Gasteiger partial charge on any atom is -0.443 e. The van der Waals surface area contributed by atoms with Crippen molar-refractivity contribution in [1.29, 1.82) is 0 Å². The number of amidine groups is 2. The van der Waals surface area contributed by atoms with Gasteiger partial charge in [-0.15, -0.1) is 0 Å². The lowest BCUT2D eigenvalue weighted by atomic mass is 9.90. The summed E-state index contributed by atoms with van der Waals surface area (Å²) < 4.78 is 61.7. The van der Waals surface area contributed by atoms with Gasteiger partial charge >= 0.3 is 12.2 Å². The summed E-state index contributed by atoms with van der Waals surface area (Å²) in [6.45, 7) is 13.2. The zero-order chi connectivity index (χ0) is 45.2. The fourth-order valence-corrected chi connectivity index (χ4v) is 9.51. The molecule has 18 heteroatoms. The molecule has 0 saturated carbocycles. The molecule has 4 heterocycles. The predicted octanol–water partition coefficient (Wildman–Crippen LogP) is 7.41. The number of rotatable bonds is 12. The number of aliphatic imine (C=N–C) groups is 2. The number of aliphatic hydroxyl groups is 1. The Kier molecular flexibility index (Phi) is 17.8. The summed E-state index contributed by atoms with van der Waals surface area (Å²) in [6, 6.07) is 18.7. The van der Waals surface area contributed by atoms with E-state index in [2.05, 4.69) is 4.99 Å². The van der Waals surface area contributed by atoms with Crippen molar-refractivity contribution >= 4 is 52.3 Å². The molecule has 2 amide bonds. The van der Waals surface area contributed by atoms with Crippen LogP contribution in [0.15, 0.2) is 70.6 Å². The molecular weight excluding hydrogens is 847 g/mol. The maximum Gasteiger partial charge on any atom is 0.416 e. The third-order valence-electron chi connectivity index (χ3n) is 10.1. The SMILES string of the molecule is C[C@H]1[C@H](OCc2ccccc2)[C@H]2N=C(N(CCF)C(=O)OC(C)(C)C)S[C@H]2O[C@@H]1C=O.C[C@H]1[C@H](OCc2ccccc2)[C@H]2N=C(N(CCF)C(=O)OC(C)(C)C)S[C@H]2O[C@@H]1CO. The number of hydrogen-bond acceptors (Lipinski definition) is 14. The number of fused-ring (bicyclic) bond motifs is 2. The van der Waals surface area contributed by atoms with Gasteiger partial charge in [0.2, 0.25) is 0 Å². The molecule has 14 nitrogen and oxygen atoms in total. The number of carbonyl (C=O) groups is 3. The van der Waals surface area contributed by atoms with Gasteiger partial charge in [0.25, 0.3) is 0 Å². The quantitative estimate of drug-likeness (QED) is 0.211. The third kappa shape index (κ3) is 13.2. The van der Waals surface area contributed by atoms with Crippen LogP contribution in [0.25, 0.3) is 0 Å². The molecule has 0 aliphatic carbocycles. The van der Waals surface area contributed by atoms with Crippen LogP contribution in [0, 0.1) is 11.8 Å². The van der Waals surface area contributed by atoms with Gasteiger partial charge in [-0.25, -0.2) is 18.4 Å². The van der Waals surface area contributed by atoms with Crippen LogP contribution in [-0.4, -0.2) is 135 Å². The van der Waals surface area contributed by atoms with E-state index in [9.17, 15) is 28.3 Å². The summed E-state index contributed by atoms with van der Waals surface area (Å²) in [5.74, 6) is -0.350. The largest absolute Gasteiger partial charge is 0.443 e. The van der Waals surface area contributed by atoms with E-state index in [1.54, 1.807) is 41.5 Å². The summed E-state index contributed by atoms with van der Waals surface area (Å²) in [5, 5.41) is 10.5. The molecule has 0 spiro atoms. The molecule has 1 N–H and O–H groups in total. The van der Waals surface area contributed by atoms with Crippen molar-refractivity contribution in [3.05, 3.63) is 71.8 Å². The number of halogens is 2. The van der Waals surface area contributed by atoms with Crippen molar-refractivity contribution < 1.29 is 56.7 Å². The maximum absolute atomic E-state index is 13.2. The first-order valence-electron chi connectivity index (χ1n) is 20.8. The molecule has 2 fully saturated rings. The highest BCUT2D eigenvalue weighted by atomic mass is 32.2. The molecule has 6 rings (SSSR count).